The van der Waals surface area contributed by atoms with Gasteiger partial charge >= 0.3 is 0 Å². The second-order valence-electron chi connectivity index (χ2n) is 7.27. The zero-order chi connectivity index (χ0) is 13.1. The van der Waals surface area contributed by atoms with Crippen LogP contribution in [0.5, 0.6) is 0 Å². The van der Waals surface area contributed by atoms with E-state index in [1.807, 2.05) is 0 Å². The molecule has 110 valence electrons. The highest BCUT2D eigenvalue weighted by molar-refractivity contribution is 4.90. The Kier molecular flexibility index (Phi) is 4.81. The van der Waals surface area contributed by atoms with Crippen molar-refractivity contribution in [2.24, 2.45) is 11.8 Å². The lowest BCUT2D eigenvalue weighted by molar-refractivity contribution is 0.116. The highest BCUT2D eigenvalue weighted by atomic mass is 15.2. The number of rotatable bonds is 3. The summed E-state index contributed by atoms with van der Waals surface area (Å²) >= 11 is 0. The van der Waals surface area contributed by atoms with E-state index >= 15 is 0 Å². The second-order valence-corrected chi connectivity index (χ2v) is 7.27. The van der Waals surface area contributed by atoms with Gasteiger partial charge in [0.2, 0.25) is 0 Å². The van der Waals surface area contributed by atoms with Gasteiger partial charge in [0.1, 0.15) is 0 Å². The largest absolute Gasteiger partial charge is 0.310 e. The molecule has 0 radical (unpaired) electrons. The Labute approximate surface area is 119 Å². The first kappa shape index (κ1) is 13.9. The fourth-order valence-electron chi connectivity index (χ4n) is 4.68. The minimum atomic E-state index is 0.787. The van der Waals surface area contributed by atoms with E-state index in [1.165, 1.54) is 77.4 Å². The maximum Gasteiger partial charge on any atom is 0.0197 e. The molecule has 4 unspecified atom stereocenters. The number of nitrogens with one attached hydrogen (secondary N) is 1. The molecule has 2 heterocycles. The van der Waals surface area contributed by atoms with E-state index in [9.17, 15) is 0 Å². The van der Waals surface area contributed by atoms with Crippen molar-refractivity contribution >= 4 is 0 Å². The lowest BCUT2D eigenvalue weighted by Crippen LogP contribution is -2.53. The van der Waals surface area contributed by atoms with Gasteiger partial charge in [-0.25, -0.2) is 0 Å². The Morgan fingerprint density at radius 1 is 1.00 bits per heavy atom. The van der Waals surface area contributed by atoms with Gasteiger partial charge in [-0.1, -0.05) is 26.2 Å². The summed E-state index contributed by atoms with van der Waals surface area (Å²) < 4.78 is 0. The van der Waals surface area contributed by atoms with E-state index in [0.717, 1.165) is 23.9 Å². The number of fused-ring (bicyclic) bond motifs is 1. The topological polar surface area (TPSA) is 15.3 Å². The summed E-state index contributed by atoms with van der Waals surface area (Å²) in [7, 11) is 0. The van der Waals surface area contributed by atoms with Crippen molar-refractivity contribution in [2.75, 3.05) is 19.6 Å². The summed E-state index contributed by atoms with van der Waals surface area (Å²) in [6, 6.07) is 1.65. The average Bonchev–Trinajstić information content (AvgIpc) is 2.47. The quantitative estimate of drug-likeness (QED) is 0.840. The molecule has 2 nitrogen and oxygen atoms in total. The maximum atomic E-state index is 3.99. The summed E-state index contributed by atoms with van der Waals surface area (Å²) in [6.07, 6.45) is 13.1. The van der Waals surface area contributed by atoms with Gasteiger partial charge in [0.05, 0.1) is 0 Å². The normalized spacial score (nSPS) is 40.9. The zero-order valence-corrected chi connectivity index (χ0v) is 12.7. The summed E-state index contributed by atoms with van der Waals surface area (Å²) in [4.78, 5) is 2.75. The Morgan fingerprint density at radius 3 is 2.79 bits per heavy atom. The zero-order valence-electron chi connectivity index (χ0n) is 12.7. The molecule has 3 aliphatic rings. The monoisotopic (exact) mass is 264 g/mol. The smallest absolute Gasteiger partial charge is 0.0197 e. The lowest BCUT2D eigenvalue weighted by Gasteiger charge is -2.43. The van der Waals surface area contributed by atoms with Crippen molar-refractivity contribution in [3.63, 3.8) is 0 Å². The molecule has 19 heavy (non-hydrogen) atoms. The maximum absolute atomic E-state index is 3.99. The Bertz CT molecular complexity index is 278. The minimum absolute atomic E-state index is 0.787. The van der Waals surface area contributed by atoms with E-state index in [1.54, 1.807) is 0 Å². The second kappa shape index (κ2) is 6.58. The molecule has 3 rings (SSSR count). The molecule has 2 aliphatic heterocycles. The summed E-state index contributed by atoms with van der Waals surface area (Å²) in [5.41, 5.74) is 0. The fraction of sp³-hybridized carbons (Fsp3) is 1.00. The molecule has 0 amide bonds. The van der Waals surface area contributed by atoms with Crippen LogP contribution >= 0.6 is 0 Å². The van der Waals surface area contributed by atoms with Crippen molar-refractivity contribution in [3.05, 3.63) is 0 Å². The van der Waals surface area contributed by atoms with Crippen LogP contribution in [0.15, 0.2) is 0 Å². The van der Waals surface area contributed by atoms with Crippen LogP contribution in [0.1, 0.15) is 64.7 Å². The van der Waals surface area contributed by atoms with Crippen LogP contribution < -0.4 is 5.32 Å². The molecule has 0 spiro atoms. The summed E-state index contributed by atoms with van der Waals surface area (Å²) in [6.45, 7) is 6.39. The first-order chi connectivity index (χ1) is 9.35. The Hall–Kier alpha value is -0.0800. The first-order valence-electron chi connectivity index (χ1n) is 8.83. The van der Waals surface area contributed by atoms with Gasteiger partial charge in [-0.2, -0.15) is 0 Å². The SMILES string of the molecule is CCC1CCCN(CC2CCC3CCCCC3N2)C1. The van der Waals surface area contributed by atoms with Crippen molar-refractivity contribution in [2.45, 2.75) is 76.8 Å². The van der Waals surface area contributed by atoms with Crippen LogP contribution in [0.3, 0.4) is 0 Å². The number of hydrogen-bond acceptors (Lipinski definition) is 2. The predicted molar refractivity (Wildman–Crippen MR) is 81.4 cm³/mol. The van der Waals surface area contributed by atoms with Gasteiger partial charge < -0.3 is 10.2 Å². The van der Waals surface area contributed by atoms with Crippen LogP contribution in [0, 0.1) is 11.8 Å². The molecule has 1 saturated carbocycles. The van der Waals surface area contributed by atoms with Gasteiger partial charge in [0, 0.05) is 25.2 Å². The third-order valence-electron chi connectivity index (χ3n) is 5.90. The van der Waals surface area contributed by atoms with E-state index in [2.05, 4.69) is 17.1 Å². The molecule has 0 bridgehead atoms. The molecular formula is C17H32N2. The number of hydrogen-bond donors (Lipinski definition) is 1. The highest BCUT2D eigenvalue weighted by Crippen LogP contribution is 2.32. The molecule has 2 saturated heterocycles. The molecule has 0 aromatic rings. The third kappa shape index (κ3) is 3.52. The van der Waals surface area contributed by atoms with E-state index < -0.39 is 0 Å². The third-order valence-corrected chi connectivity index (χ3v) is 5.90. The fourth-order valence-corrected chi connectivity index (χ4v) is 4.68. The molecule has 0 aromatic heterocycles. The Balaban J connectivity index is 1.47. The van der Waals surface area contributed by atoms with Gasteiger partial charge in [-0.3, -0.25) is 0 Å². The number of likely N-dealkylation sites (tertiary alicyclic amines) is 1. The highest BCUT2D eigenvalue weighted by Gasteiger charge is 2.32. The van der Waals surface area contributed by atoms with Crippen LogP contribution in [-0.4, -0.2) is 36.6 Å². The molecule has 1 N–H and O–H groups in total. The lowest BCUT2D eigenvalue weighted by atomic mass is 9.77. The van der Waals surface area contributed by atoms with E-state index in [0.29, 0.717) is 0 Å². The van der Waals surface area contributed by atoms with Gasteiger partial charge in [0.15, 0.2) is 0 Å². The van der Waals surface area contributed by atoms with Crippen molar-refractivity contribution in [1.82, 2.24) is 10.2 Å². The van der Waals surface area contributed by atoms with Crippen LogP contribution in [0.25, 0.3) is 0 Å². The molecule has 4 atom stereocenters. The van der Waals surface area contributed by atoms with Crippen molar-refractivity contribution < 1.29 is 0 Å². The molecular weight excluding hydrogens is 232 g/mol. The molecule has 0 aromatic carbocycles. The van der Waals surface area contributed by atoms with Crippen molar-refractivity contribution in [3.8, 4) is 0 Å². The van der Waals surface area contributed by atoms with Gasteiger partial charge in [-0.15, -0.1) is 0 Å². The van der Waals surface area contributed by atoms with Crippen LogP contribution in [0.4, 0.5) is 0 Å². The van der Waals surface area contributed by atoms with Gasteiger partial charge in [-0.05, 0) is 56.9 Å². The average molecular weight is 264 g/mol. The molecule has 1 aliphatic carbocycles. The Morgan fingerprint density at radius 2 is 1.89 bits per heavy atom. The predicted octanol–water partition coefficient (Wildman–Crippen LogP) is 3.42. The van der Waals surface area contributed by atoms with E-state index in [4.69, 9.17) is 0 Å². The van der Waals surface area contributed by atoms with Gasteiger partial charge in [0.25, 0.3) is 0 Å². The minimum Gasteiger partial charge on any atom is -0.310 e. The number of piperidine rings is 2. The molecule has 3 fully saturated rings. The van der Waals surface area contributed by atoms with Crippen molar-refractivity contribution in [1.29, 1.82) is 0 Å². The first-order valence-corrected chi connectivity index (χ1v) is 8.83. The van der Waals surface area contributed by atoms with E-state index in [-0.39, 0.29) is 0 Å². The number of nitrogens with zero attached hydrogens (tertiary/aromatic N) is 1. The van der Waals surface area contributed by atoms with Crippen LogP contribution in [0.2, 0.25) is 0 Å². The standard InChI is InChI=1S/C17H32N2/c1-2-14-6-5-11-19(12-14)13-16-10-9-15-7-3-4-8-17(15)18-16/h14-18H,2-13H2,1H3. The summed E-state index contributed by atoms with van der Waals surface area (Å²) in [5, 5.41) is 3.99. The molecule has 2 heteroatoms. The summed E-state index contributed by atoms with van der Waals surface area (Å²) in [5.74, 6) is 1.98. The van der Waals surface area contributed by atoms with Crippen LogP contribution in [-0.2, 0) is 0 Å².